The van der Waals surface area contributed by atoms with Gasteiger partial charge in [-0.3, -0.25) is 9.59 Å². The topological polar surface area (TPSA) is 83.6 Å². The van der Waals surface area contributed by atoms with Gasteiger partial charge in [-0.2, -0.15) is 0 Å². The Balaban J connectivity index is 1.46. The molecule has 1 aliphatic heterocycles. The maximum absolute atomic E-state index is 12.7. The van der Waals surface area contributed by atoms with Crippen molar-refractivity contribution in [1.82, 2.24) is 4.90 Å². The molecule has 0 radical (unpaired) electrons. The maximum Gasteiger partial charge on any atom is 0.247 e. The number of nitrogens with one attached hydrogen (secondary N) is 1. The molecular formula is C21H21BrN2O4S. The molecule has 1 atom stereocenters. The first-order chi connectivity index (χ1) is 13.9. The fraction of sp³-hybridized carbons (Fsp3) is 0.333. The lowest BCUT2D eigenvalue weighted by atomic mass is 10.2. The fourth-order valence-corrected chi connectivity index (χ4v) is 5.09. The molecule has 1 aliphatic carbocycles. The molecule has 0 bridgehead atoms. The molecule has 29 heavy (non-hydrogen) atoms. The zero-order valence-electron chi connectivity index (χ0n) is 15.7. The quantitative estimate of drug-likeness (QED) is 0.713. The number of hydrogen-bond donors (Lipinski definition) is 1. The van der Waals surface area contributed by atoms with E-state index in [1.807, 2.05) is 0 Å². The molecular weight excluding hydrogens is 456 g/mol. The van der Waals surface area contributed by atoms with Crippen molar-refractivity contribution in [3.63, 3.8) is 0 Å². The first-order valence-electron chi connectivity index (χ1n) is 9.58. The third kappa shape index (κ3) is 4.23. The first-order valence-corrected chi connectivity index (χ1v) is 11.9. The molecule has 2 aliphatic rings. The van der Waals surface area contributed by atoms with E-state index in [9.17, 15) is 18.0 Å². The van der Waals surface area contributed by atoms with Gasteiger partial charge in [0.25, 0.3) is 0 Å². The number of hydrogen-bond acceptors (Lipinski definition) is 4. The molecule has 6 nitrogen and oxygen atoms in total. The third-order valence-electron chi connectivity index (χ3n) is 5.32. The monoisotopic (exact) mass is 476 g/mol. The van der Waals surface area contributed by atoms with Crippen molar-refractivity contribution in [2.75, 3.05) is 11.9 Å². The van der Waals surface area contributed by atoms with E-state index in [0.717, 1.165) is 23.7 Å². The first kappa shape index (κ1) is 20.1. The number of halogens is 1. The summed E-state index contributed by atoms with van der Waals surface area (Å²) < 4.78 is 26.3. The predicted molar refractivity (Wildman–Crippen MR) is 112 cm³/mol. The van der Waals surface area contributed by atoms with Crippen molar-refractivity contribution < 1.29 is 18.0 Å². The Bertz CT molecular complexity index is 1030. The number of benzene rings is 2. The Morgan fingerprint density at radius 2 is 1.52 bits per heavy atom. The number of nitrogens with zero attached hydrogens (tertiary/aromatic N) is 1. The van der Waals surface area contributed by atoms with Gasteiger partial charge in [-0.05, 0) is 74.2 Å². The maximum atomic E-state index is 12.7. The average Bonchev–Trinajstić information content (AvgIpc) is 3.44. The Kier molecular flexibility index (Phi) is 5.48. The highest BCUT2D eigenvalue weighted by Crippen LogP contribution is 2.34. The van der Waals surface area contributed by atoms with Crippen LogP contribution in [0.5, 0.6) is 0 Å². The minimum atomic E-state index is -3.63. The van der Waals surface area contributed by atoms with E-state index in [0.29, 0.717) is 18.7 Å². The number of carbonyl (C=O) groups excluding carboxylic acids is 2. The second kappa shape index (κ2) is 7.91. The zero-order valence-corrected chi connectivity index (χ0v) is 18.1. The van der Waals surface area contributed by atoms with Crippen LogP contribution in [-0.4, -0.2) is 37.7 Å². The van der Waals surface area contributed by atoms with Crippen LogP contribution in [0.4, 0.5) is 5.69 Å². The summed E-state index contributed by atoms with van der Waals surface area (Å²) >= 11 is 3.29. The van der Waals surface area contributed by atoms with Crippen LogP contribution in [0.1, 0.15) is 25.7 Å². The zero-order chi connectivity index (χ0) is 20.6. The Labute approximate surface area is 178 Å². The van der Waals surface area contributed by atoms with Gasteiger partial charge in [0.05, 0.1) is 9.79 Å². The molecule has 2 aromatic rings. The number of anilines is 1. The van der Waals surface area contributed by atoms with Crippen LogP contribution in [0.15, 0.2) is 62.8 Å². The van der Waals surface area contributed by atoms with E-state index >= 15 is 0 Å². The molecule has 1 heterocycles. The number of carbonyl (C=O) groups is 2. The van der Waals surface area contributed by atoms with Gasteiger partial charge in [-0.1, -0.05) is 15.9 Å². The normalized spacial score (nSPS) is 19.2. The molecule has 1 N–H and O–H groups in total. The summed E-state index contributed by atoms with van der Waals surface area (Å²) in [6.45, 7) is 0.623. The number of likely N-dealkylation sites (tertiary alicyclic amines) is 1. The van der Waals surface area contributed by atoms with E-state index in [4.69, 9.17) is 0 Å². The van der Waals surface area contributed by atoms with Crippen LogP contribution in [-0.2, 0) is 19.4 Å². The van der Waals surface area contributed by atoms with Gasteiger partial charge in [0, 0.05) is 22.6 Å². The second-order valence-electron chi connectivity index (χ2n) is 7.43. The van der Waals surface area contributed by atoms with Crippen LogP contribution in [0.25, 0.3) is 0 Å². The Morgan fingerprint density at radius 1 is 0.931 bits per heavy atom. The average molecular weight is 477 g/mol. The van der Waals surface area contributed by atoms with Gasteiger partial charge < -0.3 is 10.2 Å². The van der Waals surface area contributed by atoms with Gasteiger partial charge in [-0.15, -0.1) is 0 Å². The molecule has 4 rings (SSSR count). The highest BCUT2D eigenvalue weighted by Gasteiger charge is 2.40. The van der Waals surface area contributed by atoms with Crippen LogP contribution in [0, 0.1) is 5.92 Å². The highest BCUT2D eigenvalue weighted by molar-refractivity contribution is 9.10. The molecule has 1 unspecified atom stereocenters. The summed E-state index contributed by atoms with van der Waals surface area (Å²) in [5.74, 6) is -0.0508. The van der Waals surface area contributed by atoms with Crippen LogP contribution in [0.3, 0.4) is 0 Å². The molecule has 2 amide bonds. The predicted octanol–water partition coefficient (Wildman–Crippen LogP) is 3.62. The van der Waals surface area contributed by atoms with Crippen molar-refractivity contribution in [2.45, 2.75) is 41.5 Å². The van der Waals surface area contributed by atoms with Gasteiger partial charge >= 0.3 is 0 Å². The van der Waals surface area contributed by atoms with E-state index in [1.54, 1.807) is 41.3 Å². The van der Waals surface area contributed by atoms with Gasteiger partial charge in [0.2, 0.25) is 21.7 Å². The molecule has 0 spiro atoms. The standard InChI is InChI=1S/C21H21BrN2O4S/c22-15-5-9-17(10-6-15)29(27,28)18-11-7-16(8-12-18)23-20(25)19-2-1-13-24(19)21(26)14-3-4-14/h5-12,14,19H,1-4,13H2,(H,23,25). The van der Waals surface area contributed by atoms with Gasteiger partial charge in [0.1, 0.15) is 6.04 Å². The fourth-order valence-electron chi connectivity index (χ4n) is 3.56. The summed E-state index contributed by atoms with van der Waals surface area (Å²) in [6.07, 6.45) is 3.30. The molecule has 8 heteroatoms. The van der Waals surface area contributed by atoms with Crippen molar-refractivity contribution in [3.05, 3.63) is 53.0 Å². The highest BCUT2D eigenvalue weighted by atomic mass is 79.9. The summed E-state index contributed by atoms with van der Waals surface area (Å²) in [6, 6.07) is 12.1. The molecule has 2 aromatic carbocycles. The summed E-state index contributed by atoms with van der Waals surface area (Å²) in [7, 11) is -3.63. The van der Waals surface area contributed by atoms with Crippen molar-refractivity contribution in [3.8, 4) is 0 Å². The summed E-state index contributed by atoms with van der Waals surface area (Å²) in [4.78, 5) is 27.1. The lowest BCUT2D eigenvalue weighted by Gasteiger charge is -2.24. The van der Waals surface area contributed by atoms with E-state index in [1.165, 1.54) is 12.1 Å². The SMILES string of the molecule is O=C(Nc1ccc(S(=O)(=O)c2ccc(Br)cc2)cc1)C1CCCN1C(=O)C1CC1. The van der Waals surface area contributed by atoms with E-state index in [2.05, 4.69) is 21.2 Å². The summed E-state index contributed by atoms with van der Waals surface area (Å²) in [5.41, 5.74) is 0.510. The minimum absolute atomic E-state index is 0.0820. The van der Waals surface area contributed by atoms with Crippen molar-refractivity contribution in [1.29, 1.82) is 0 Å². The van der Waals surface area contributed by atoms with Crippen LogP contribution < -0.4 is 5.32 Å². The molecule has 0 aromatic heterocycles. The van der Waals surface area contributed by atoms with Crippen molar-refractivity contribution >= 4 is 43.3 Å². The smallest absolute Gasteiger partial charge is 0.247 e. The van der Waals surface area contributed by atoms with Crippen LogP contribution >= 0.6 is 15.9 Å². The van der Waals surface area contributed by atoms with Crippen molar-refractivity contribution in [2.24, 2.45) is 5.92 Å². The Hall–Kier alpha value is -2.19. The number of rotatable bonds is 5. The molecule has 1 saturated carbocycles. The van der Waals surface area contributed by atoms with E-state index < -0.39 is 15.9 Å². The lowest BCUT2D eigenvalue weighted by molar-refractivity contribution is -0.137. The molecule has 152 valence electrons. The molecule has 1 saturated heterocycles. The number of sulfone groups is 1. The van der Waals surface area contributed by atoms with E-state index in [-0.39, 0.29) is 27.5 Å². The molecule has 2 fully saturated rings. The minimum Gasteiger partial charge on any atom is -0.330 e. The van der Waals surface area contributed by atoms with Crippen LogP contribution in [0.2, 0.25) is 0 Å². The lowest BCUT2D eigenvalue weighted by Crippen LogP contribution is -2.43. The largest absolute Gasteiger partial charge is 0.330 e. The van der Waals surface area contributed by atoms with Gasteiger partial charge in [-0.25, -0.2) is 8.42 Å². The Morgan fingerprint density at radius 3 is 2.10 bits per heavy atom. The third-order valence-corrected chi connectivity index (χ3v) is 7.64. The van der Waals surface area contributed by atoms with Gasteiger partial charge in [0.15, 0.2) is 0 Å². The number of amides is 2. The summed E-state index contributed by atoms with van der Waals surface area (Å²) in [5, 5.41) is 2.82. The second-order valence-corrected chi connectivity index (χ2v) is 10.3.